The molecule has 1 aromatic carbocycles. The van der Waals surface area contributed by atoms with E-state index in [2.05, 4.69) is 0 Å². The zero-order valence-electron chi connectivity index (χ0n) is 15.1. The van der Waals surface area contributed by atoms with E-state index in [1.165, 1.54) is 18.2 Å². The van der Waals surface area contributed by atoms with Gasteiger partial charge in [-0.3, -0.25) is 4.79 Å². The molecular weight excluding hydrogens is 323 g/mol. The van der Waals surface area contributed by atoms with Crippen molar-refractivity contribution >= 4 is 5.91 Å². The molecule has 1 saturated carbocycles. The van der Waals surface area contributed by atoms with Gasteiger partial charge in [-0.2, -0.15) is 0 Å². The molecule has 5 nitrogen and oxygen atoms in total. The van der Waals surface area contributed by atoms with Crippen molar-refractivity contribution in [3.63, 3.8) is 0 Å². The molecule has 6 heteroatoms. The van der Waals surface area contributed by atoms with Gasteiger partial charge in [0.15, 0.2) is 0 Å². The maximum absolute atomic E-state index is 13.3. The van der Waals surface area contributed by atoms with Gasteiger partial charge < -0.3 is 19.6 Å². The number of nitrogens with zero attached hydrogens (tertiary/aromatic N) is 2. The largest absolute Gasteiger partial charge is 0.488 e. The van der Waals surface area contributed by atoms with Crippen LogP contribution in [0.4, 0.5) is 4.39 Å². The van der Waals surface area contributed by atoms with E-state index in [0.29, 0.717) is 25.1 Å². The van der Waals surface area contributed by atoms with Crippen LogP contribution in [0.5, 0.6) is 5.75 Å². The van der Waals surface area contributed by atoms with Gasteiger partial charge in [0.1, 0.15) is 23.8 Å². The number of carbonyl (C=O) groups is 1. The Labute approximate surface area is 148 Å². The van der Waals surface area contributed by atoms with Gasteiger partial charge in [0.05, 0.1) is 6.04 Å². The average Bonchev–Trinajstić information content (AvgIpc) is 2.56. The lowest BCUT2D eigenvalue weighted by Gasteiger charge is -2.39. The molecule has 0 aliphatic heterocycles. The highest BCUT2D eigenvalue weighted by atomic mass is 19.1. The summed E-state index contributed by atoms with van der Waals surface area (Å²) in [6.07, 6.45) is 4.29. The fourth-order valence-electron chi connectivity index (χ4n) is 3.03. The first-order valence-corrected chi connectivity index (χ1v) is 8.57. The third kappa shape index (κ3) is 5.54. The van der Waals surface area contributed by atoms with Crippen LogP contribution in [-0.4, -0.2) is 66.8 Å². The standard InChI is InChI=1S/C19H27FN2O3/c1-21(2)12-6-11-18(23)22(3)16-9-5-10-17(19(16)24)25-15-8-4-7-14(20)13-15/h4,6-8,11,13,16-17,19,24H,5,9-10,12H2,1-3H3/t16-,17-,19-/m1/s1. The number of benzene rings is 1. The Morgan fingerprint density at radius 3 is 2.80 bits per heavy atom. The fraction of sp³-hybridized carbons (Fsp3) is 0.526. The van der Waals surface area contributed by atoms with Crippen molar-refractivity contribution in [1.29, 1.82) is 0 Å². The lowest BCUT2D eigenvalue weighted by molar-refractivity contribution is -0.132. The number of ether oxygens (including phenoxy) is 1. The van der Waals surface area contributed by atoms with Crippen molar-refractivity contribution in [1.82, 2.24) is 9.80 Å². The van der Waals surface area contributed by atoms with E-state index in [9.17, 15) is 14.3 Å². The predicted octanol–water partition coefficient (Wildman–Crippen LogP) is 2.06. The lowest BCUT2D eigenvalue weighted by atomic mass is 9.89. The van der Waals surface area contributed by atoms with Gasteiger partial charge in [-0.1, -0.05) is 12.1 Å². The summed E-state index contributed by atoms with van der Waals surface area (Å²) in [4.78, 5) is 15.8. The highest BCUT2D eigenvalue weighted by molar-refractivity contribution is 5.87. The van der Waals surface area contributed by atoms with Crippen LogP contribution in [0.2, 0.25) is 0 Å². The van der Waals surface area contributed by atoms with Gasteiger partial charge in [-0.05, 0) is 45.5 Å². The van der Waals surface area contributed by atoms with E-state index in [-0.39, 0.29) is 17.8 Å². The number of halogens is 1. The summed E-state index contributed by atoms with van der Waals surface area (Å²) in [6.45, 7) is 0.679. The normalized spacial score (nSPS) is 23.8. The maximum Gasteiger partial charge on any atom is 0.246 e. The molecule has 1 amide bonds. The van der Waals surface area contributed by atoms with Crippen molar-refractivity contribution in [2.75, 3.05) is 27.7 Å². The van der Waals surface area contributed by atoms with Crippen LogP contribution in [0, 0.1) is 5.82 Å². The first-order chi connectivity index (χ1) is 11.9. The molecule has 1 aromatic rings. The molecule has 0 aromatic heterocycles. The van der Waals surface area contributed by atoms with Crippen LogP contribution in [0.25, 0.3) is 0 Å². The van der Waals surface area contributed by atoms with Crippen molar-refractivity contribution in [3.05, 3.63) is 42.2 Å². The minimum Gasteiger partial charge on any atom is -0.488 e. The second kappa shape index (κ2) is 8.97. The molecule has 0 radical (unpaired) electrons. The van der Waals surface area contributed by atoms with E-state index < -0.39 is 12.2 Å². The Morgan fingerprint density at radius 1 is 1.36 bits per heavy atom. The van der Waals surface area contributed by atoms with Crippen molar-refractivity contribution in [2.24, 2.45) is 0 Å². The lowest BCUT2D eigenvalue weighted by Crippen LogP contribution is -2.53. The van der Waals surface area contributed by atoms with E-state index in [0.717, 1.165) is 6.42 Å². The molecule has 0 saturated heterocycles. The molecule has 0 unspecified atom stereocenters. The van der Waals surface area contributed by atoms with Gasteiger partial charge in [0, 0.05) is 25.7 Å². The van der Waals surface area contributed by atoms with Crippen LogP contribution in [0.15, 0.2) is 36.4 Å². The topological polar surface area (TPSA) is 53.0 Å². The number of hydrogen-bond donors (Lipinski definition) is 1. The Morgan fingerprint density at radius 2 is 2.12 bits per heavy atom. The van der Waals surface area contributed by atoms with Gasteiger partial charge in [-0.15, -0.1) is 0 Å². The number of carbonyl (C=O) groups excluding carboxylic acids is 1. The van der Waals surface area contributed by atoms with Crippen LogP contribution in [0.1, 0.15) is 19.3 Å². The number of amides is 1. The van der Waals surface area contributed by atoms with E-state index in [1.807, 2.05) is 19.0 Å². The Hall–Kier alpha value is -1.92. The van der Waals surface area contributed by atoms with E-state index in [1.54, 1.807) is 30.2 Å². The number of aliphatic hydroxyl groups is 1. The second-order valence-electron chi connectivity index (χ2n) is 6.72. The molecule has 0 heterocycles. The smallest absolute Gasteiger partial charge is 0.246 e. The molecule has 1 aliphatic carbocycles. The Kier molecular flexibility index (Phi) is 6.96. The second-order valence-corrected chi connectivity index (χ2v) is 6.72. The molecule has 0 spiro atoms. The number of aliphatic hydroxyl groups excluding tert-OH is 1. The molecule has 1 aliphatic rings. The van der Waals surface area contributed by atoms with E-state index >= 15 is 0 Å². The van der Waals surface area contributed by atoms with E-state index in [4.69, 9.17) is 4.74 Å². The van der Waals surface area contributed by atoms with Crippen LogP contribution < -0.4 is 4.74 Å². The van der Waals surface area contributed by atoms with Gasteiger partial charge in [0.2, 0.25) is 5.91 Å². The molecule has 1 N–H and O–H groups in total. The molecule has 2 rings (SSSR count). The average molecular weight is 350 g/mol. The highest BCUT2D eigenvalue weighted by Gasteiger charge is 2.36. The molecule has 138 valence electrons. The summed E-state index contributed by atoms with van der Waals surface area (Å²) < 4.78 is 19.1. The zero-order valence-corrected chi connectivity index (χ0v) is 15.1. The quantitative estimate of drug-likeness (QED) is 0.798. The third-order valence-electron chi connectivity index (χ3n) is 4.42. The molecule has 25 heavy (non-hydrogen) atoms. The monoisotopic (exact) mass is 350 g/mol. The van der Waals surface area contributed by atoms with Gasteiger partial charge in [0.25, 0.3) is 0 Å². The number of hydrogen-bond acceptors (Lipinski definition) is 4. The molecule has 3 atom stereocenters. The first kappa shape index (κ1) is 19.4. The molecular formula is C19H27FN2O3. The third-order valence-corrected chi connectivity index (χ3v) is 4.42. The zero-order chi connectivity index (χ0) is 18.4. The minimum absolute atomic E-state index is 0.141. The van der Waals surface area contributed by atoms with Crippen molar-refractivity contribution < 1.29 is 19.0 Å². The highest BCUT2D eigenvalue weighted by Crippen LogP contribution is 2.27. The van der Waals surface area contributed by atoms with Crippen LogP contribution >= 0.6 is 0 Å². The molecule has 0 bridgehead atoms. The van der Waals surface area contributed by atoms with Crippen molar-refractivity contribution in [2.45, 2.75) is 37.5 Å². The molecule has 1 fully saturated rings. The van der Waals surface area contributed by atoms with Gasteiger partial charge >= 0.3 is 0 Å². The van der Waals surface area contributed by atoms with Crippen LogP contribution in [-0.2, 0) is 4.79 Å². The summed E-state index contributed by atoms with van der Waals surface area (Å²) in [6, 6.07) is 5.57. The first-order valence-electron chi connectivity index (χ1n) is 8.57. The van der Waals surface area contributed by atoms with Crippen molar-refractivity contribution in [3.8, 4) is 5.75 Å². The summed E-state index contributed by atoms with van der Waals surface area (Å²) in [5, 5.41) is 10.6. The Bertz CT molecular complexity index is 606. The maximum atomic E-state index is 13.3. The summed E-state index contributed by atoms with van der Waals surface area (Å²) >= 11 is 0. The Balaban J connectivity index is 1.99. The number of likely N-dealkylation sites (N-methyl/N-ethyl adjacent to an activating group) is 2. The minimum atomic E-state index is -0.812. The summed E-state index contributed by atoms with van der Waals surface area (Å²) in [5.41, 5.74) is 0. The summed E-state index contributed by atoms with van der Waals surface area (Å²) in [7, 11) is 5.55. The van der Waals surface area contributed by atoms with Gasteiger partial charge in [-0.25, -0.2) is 4.39 Å². The van der Waals surface area contributed by atoms with Crippen LogP contribution in [0.3, 0.4) is 0 Å². The summed E-state index contributed by atoms with van der Waals surface area (Å²) in [5.74, 6) is -0.125. The fourth-order valence-corrected chi connectivity index (χ4v) is 3.03. The number of rotatable bonds is 6. The SMILES string of the molecule is CN(C)CC=CC(=O)N(C)[C@@H]1CCC[C@@H](Oc2cccc(F)c2)[C@@H]1O. The predicted molar refractivity (Wildman–Crippen MR) is 94.9 cm³/mol.